The lowest BCUT2D eigenvalue weighted by atomic mass is 10.3. The lowest BCUT2D eigenvalue weighted by molar-refractivity contribution is 0.0961. The van der Waals surface area contributed by atoms with Crippen LogP contribution in [0, 0.1) is 0 Å². The van der Waals surface area contributed by atoms with Gasteiger partial charge in [0.1, 0.15) is 0 Å². The fraction of sp³-hybridized carbons (Fsp3) is 0.444. The number of carbonyl (C=O) groups excluding carboxylic acids is 1. The van der Waals surface area contributed by atoms with Crippen molar-refractivity contribution in [3.63, 3.8) is 0 Å². The molecule has 1 rings (SSSR count). The molecule has 0 aliphatic rings. The van der Waals surface area contributed by atoms with Crippen LogP contribution in [0.15, 0.2) is 21.2 Å². The second-order valence-electron chi connectivity index (χ2n) is 3.06. The molecule has 0 aromatic carbocycles. The Kier molecular flexibility index (Phi) is 3.69. The van der Waals surface area contributed by atoms with E-state index in [-0.39, 0.29) is 5.78 Å². The zero-order valence-electron chi connectivity index (χ0n) is 7.63. The van der Waals surface area contributed by atoms with Crippen LogP contribution in [0.25, 0.3) is 0 Å². The van der Waals surface area contributed by atoms with E-state index in [9.17, 15) is 4.79 Å². The number of rotatable bonds is 4. The zero-order chi connectivity index (χ0) is 9.84. The Morgan fingerprint density at radius 2 is 2.38 bits per heavy atom. The molecule has 0 radical (unpaired) electrons. The highest BCUT2D eigenvalue weighted by atomic mass is 79.9. The smallest absolute Gasteiger partial charge is 0.212 e. The van der Waals surface area contributed by atoms with Crippen LogP contribution in [0.5, 0.6) is 0 Å². The van der Waals surface area contributed by atoms with Gasteiger partial charge in [0.25, 0.3) is 0 Å². The first kappa shape index (κ1) is 10.5. The maximum atomic E-state index is 11.4. The third-order valence-electron chi connectivity index (χ3n) is 1.54. The van der Waals surface area contributed by atoms with Gasteiger partial charge >= 0.3 is 0 Å². The van der Waals surface area contributed by atoms with Gasteiger partial charge in [-0.15, -0.1) is 0 Å². The predicted molar refractivity (Wildman–Crippen MR) is 53.9 cm³/mol. The molecule has 1 heterocycles. The number of halogens is 1. The lowest BCUT2D eigenvalue weighted by Crippen LogP contribution is -2.29. The van der Waals surface area contributed by atoms with Gasteiger partial charge in [-0.1, -0.05) is 13.8 Å². The van der Waals surface area contributed by atoms with E-state index in [0.717, 1.165) is 0 Å². The summed E-state index contributed by atoms with van der Waals surface area (Å²) in [5.41, 5.74) is 0. The molecule has 0 atom stereocenters. The van der Waals surface area contributed by atoms with Gasteiger partial charge < -0.3 is 9.73 Å². The Labute approximate surface area is 85.6 Å². The SMILES string of the molecule is CC(C)NCC(=O)c1occc1Br. The summed E-state index contributed by atoms with van der Waals surface area (Å²) in [4.78, 5) is 11.4. The Bertz CT molecular complexity index is 294. The van der Waals surface area contributed by atoms with Gasteiger partial charge in [-0.25, -0.2) is 0 Å². The van der Waals surface area contributed by atoms with Crippen LogP contribution in [0.2, 0.25) is 0 Å². The molecule has 3 nitrogen and oxygen atoms in total. The first-order valence-corrected chi connectivity index (χ1v) is 4.90. The van der Waals surface area contributed by atoms with Crippen molar-refractivity contribution in [3.05, 3.63) is 22.6 Å². The van der Waals surface area contributed by atoms with Crippen molar-refractivity contribution in [2.24, 2.45) is 0 Å². The molecular weight excluding hydrogens is 234 g/mol. The van der Waals surface area contributed by atoms with E-state index >= 15 is 0 Å². The van der Waals surface area contributed by atoms with Crippen molar-refractivity contribution in [2.45, 2.75) is 19.9 Å². The summed E-state index contributed by atoms with van der Waals surface area (Å²) in [7, 11) is 0. The van der Waals surface area contributed by atoms with Gasteiger partial charge in [0, 0.05) is 6.04 Å². The Hall–Kier alpha value is -0.610. The van der Waals surface area contributed by atoms with Crippen molar-refractivity contribution in [2.75, 3.05) is 6.54 Å². The standard InChI is InChI=1S/C9H12BrNO2/c1-6(2)11-5-8(12)9-7(10)3-4-13-9/h3-4,6,11H,5H2,1-2H3. The highest BCUT2D eigenvalue weighted by Crippen LogP contribution is 2.17. The number of furan rings is 1. The van der Waals surface area contributed by atoms with Crippen LogP contribution in [-0.4, -0.2) is 18.4 Å². The first-order valence-electron chi connectivity index (χ1n) is 4.11. The molecule has 1 aromatic heterocycles. The molecule has 0 aliphatic heterocycles. The van der Waals surface area contributed by atoms with E-state index in [0.29, 0.717) is 22.8 Å². The molecular formula is C9H12BrNO2. The van der Waals surface area contributed by atoms with Crippen LogP contribution >= 0.6 is 15.9 Å². The second-order valence-corrected chi connectivity index (χ2v) is 3.91. The van der Waals surface area contributed by atoms with Crippen LogP contribution < -0.4 is 5.32 Å². The van der Waals surface area contributed by atoms with E-state index in [4.69, 9.17) is 4.42 Å². The molecule has 0 saturated carbocycles. The Morgan fingerprint density at radius 3 is 2.85 bits per heavy atom. The fourth-order valence-corrected chi connectivity index (χ4v) is 1.29. The van der Waals surface area contributed by atoms with Gasteiger partial charge in [0.15, 0.2) is 5.76 Å². The second kappa shape index (κ2) is 4.58. The molecule has 0 unspecified atom stereocenters. The van der Waals surface area contributed by atoms with Crippen molar-refractivity contribution in [1.29, 1.82) is 0 Å². The third kappa shape index (κ3) is 2.97. The van der Waals surface area contributed by atoms with E-state index < -0.39 is 0 Å². The van der Waals surface area contributed by atoms with Crippen LogP contribution in [-0.2, 0) is 0 Å². The van der Waals surface area contributed by atoms with E-state index in [1.165, 1.54) is 6.26 Å². The minimum atomic E-state index is -0.0365. The normalized spacial score (nSPS) is 10.8. The summed E-state index contributed by atoms with van der Waals surface area (Å²) in [6.45, 7) is 4.29. The summed E-state index contributed by atoms with van der Waals surface area (Å²) < 4.78 is 5.73. The summed E-state index contributed by atoms with van der Waals surface area (Å²) >= 11 is 3.23. The molecule has 1 aromatic rings. The van der Waals surface area contributed by atoms with Crippen molar-refractivity contribution >= 4 is 21.7 Å². The highest BCUT2D eigenvalue weighted by Gasteiger charge is 2.13. The van der Waals surface area contributed by atoms with Gasteiger partial charge in [0.2, 0.25) is 5.78 Å². The predicted octanol–water partition coefficient (Wildman–Crippen LogP) is 2.22. The third-order valence-corrected chi connectivity index (χ3v) is 2.17. The molecule has 0 saturated heterocycles. The van der Waals surface area contributed by atoms with Gasteiger partial charge in [0.05, 0.1) is 17.3 Å². The number of nitrogens with one attached hydrogen (secondary N) is 1. The number of hydrogen-bond acceptors (Lipinski definition) is 3. The fourth-order valence-electron chi connectivity index (χ4n) is 0.870. The summed E-state index contributed by atoms with van der Waals surface area (Å²) in [5.74, 6) is 0.346. The average Bonchev–Trinajstić information content (AvgIpc) is 2.47. The monoisotopic (exact) mass is 245 g/mol. The molecule has 0 spiro atoms. The number of Topliss-reactive ketones (excluding diaryl/α,β-unsaturated/α-hetero) is 1. The van der Waals surface area contributed by atoms with Gasteiger partial charge in [-0.2, -0.15) is 0 Å². The number of carbonyl (C=O) groups is 1. The quantitative estimate of drug-likeness (QED) is 0.828. The number of hydrogen-bond donors (Lipinski definition) is 1. The first-order chi connectivity index (χ1) is 6.11. The molecule has 1 N–H and O–H groups in total. The van der Waals surface area contributed by atoms with Crippen molar-refractivity contribution in [1.82, 2.24) is 5.32 Å². The van der Waals surface area contributed by atoms with Crippen molar-refractivity contribution < 1.29 is 9.21 Å². The molecule has 72 valence electrons. The lowest BCUT2D eigenvalue weighted by Gasteiger charge is -2.05. The average molecular weight is 246 g/mol. The topological polar surface area (TPSA) is 42.2 Å². The molecule has 0 amide bonds. The minimum Gasteiger partial charge on any atom is -0.460 e. The minimum absolute atomic E-state index is 0.0365. The van der Waals surface area contributed by atoms with Crippen molar-refractivity contribution in [3.8, 4) is 0 Å². The molecule has 0 fully saturated rings. The Morgan fingerprint density at radius 1 is 1.69 bits per heavy atom. The molecule has 0 bridgehead atoms. The van der Waals surface area contributed by atoms with Gasteiger partial charge in [-0.3, -0.25) is 4.79 Å². The largest absolute Gasteiger partial charge is 0.460 e. The zero-order valence-corrected chi connectivity index (χ0v) is 9.22. The molecule has 0 aliphatic carbocycles. The molecule has 13 heavy (non-hydrogen) atoms. The van der Waals surface area contributed by atoms with Crippen LogP contribution in [0.4, 0.5) is 0 Å². The van der Waals surface area contributed by atoms with E-state index in [2.05, 4.69) is 21.2 Å². The summed E-state index contributed by atoms with van der Waals surface area (Å²) in [6, 6.07) is 2.01. The van der Waals surface area contributed by atoms with Crippen LogP contribution in [0.1, 0.15) is 24.4 Å². The van der Waals surface area contributed by atoms with E-state index in [1.54, 1.807) is 6.07 Å². The van der Waals surface area contributed by atoms with Gasteiger partial charge in [-0.05, 0) is 22.0 Å². The summed E-state index contributed by atoms with van der Waals surface area (Å²) in [6.07, 6.45) is 1.49. The van der Waals surface area contributed by atoms with E-state index in [1.807, 2.05) is 13.8 Å². The highest BCUT2D eigenvalue weighted by molar-refractivity contribution is 9.10. The Balaban J connectivity index is 2.54. The maximum absolute atomic E-state index is 11.4. The maximum Gasteiger partial charge on any atom is 0.212 e. The number of ketones is 1. The van der Waals surface area contributed by atoms with Crippen LogP contribution in [0.3, 0.4) is 0 Å². The molecule has 4 heteroatoms. The summed E-state index contributed by atoms with van der Waals surface area (Å²) in [5, 5.41) is 3.03.